The first-order valence-corrected chi connectivity index (χ1v) is 8.66. The van der Waals surface area contributed by atoms with Crippen LogP contribution in [0.15, 0.2) is 59.8 Å². The minimum atomic E-state index is -0.0597. The molecule has 1 aromatic heterocycles. The quantitative estimate of drug-likeness (QED) is 0.534. The molecule has 0 spiro atoms. The van der Waals surface area contributed by atoms with Crippen molar-refractivity contribution in [1.29, 1.82) is 0 Å². The van der Waals surface area contributed by atoms with Gasteiger partial charge in [0.15, 0.2) is 5.82 Å². The predicted octanol–water partition coefficient (Wildman–Crippen LogP) is 3.30. The lowest BCUT2D eigenvalue weighted by atomic mass is 10.1. The van der Waals surface area contributed by atoms with Gasteiger partial charge >= 0.3 is 0 Å². The van der Waals surface area contributed by atoms with Crippen LogP contribution < -0.4 is 5.32 Å². The van der Waals surface area contributed by atoms with Gasteiger partial charge in [0.1, 0.15) is 0 Å². The molecule has 0 unspecified atom stereocenters. The molecule has 0 saturated carbocycles. The van der Waals surface area contributed by atoms with Crippen molar-refractivity contribution in [1.82, 2.24) is 20.5 Å². The van der Waals surface area contributed by atoms with Crippen molar-refractivity contribution in [2.45, 2.75) is 12.1 Å². The Labute approximate surface area is 144 Å². The fraction of sp³-hybridized carbons (Fsp3) is 0.167. The topological polar surface area (TPSA) is 70.7 Å². The van der Waals surface area contributed by atoms with E-state index in [1.165, 1.54) is 11.8 Å². The number of H-pyrrole nitrogens is 1. The molecule has 1 heterocycles. The van der Waals surface area contributed by atoms with Gasteiger partial charge in [-0.3, -0.25) is 9.89 Å². The molecule has 3 aromatic rings. The molecule has 2 aromatic carbocycles. The van der Waals surface area contributed by atoms with Gasteiger partial charge in [-0.15, -0.1) is 5.10 Å². The van der Waals surface area contributed by atoms with Crippen LogP contribution in [0.5, 0.6) is 0 Å². The van der Waals surface area contributed by atoms with Crippen molar-refractivity contribution < 1.29 is 4.79 Å². The first kappa shape index (κ1) is 16.3. The molecule has 3 rings (SSSR count). The van der Waals surface area contributed by atoms with Gasteiger partial charge in [0.05, 0.1) is 0 Å². The van der Waals surface area contributed by atoms with Crippen molar-refractivity contribution in [2.75, 3.05) is 12.3 Å². The number of carbonyl (C=O) groups excluding carboxylic acids is 1. The minimum Gasteiger partial charge on any atom is -0.351 e. The lowest BCUT2D eigenvalue weighted by Gasteiger charge is -2.04. The molecule has 1 amide bonds. The Morgan fingerprint density at radius 2 is 1.88 bits per heavy atom. The van der Waals surface area contributed by atoms with Gasteiger partial charge in [0.25, 0.3) is 5.91 Å². The van der Waals surface area contributed by atoms with Crippen LogP contribution in [-0.4, -0.2) is 33.4 Å². The summed E-state index contributed by atoms with van der Waals surface area (Å²) >= 11 is 1.51. The van der Waals surface area contributed by atoms with E-state index >= 15 is 0 Å². The summed E-state index contributed by atoms with van der Waals surface area (Å²) in [5.41, 5.74) is 2.82. The van der Waals surface area contributed by atoms with Crippen LogP contribution in [0, 0.1) is 6.92 Å². The number of aromatic amines is 1. The standard InChI is InChI=1S/C18H18N4OS/c1-13-7-9-15(10-8-13)17(23)19-11-12-24-18-20-16(21-22-18)14-5-3-2-4-6-14/h2-10H,11-12H2,1H3,(H,19,23)(H,20,21,22). The van der Waals surface area contributed by atoms with Crippen LogP contribution in [0.3, 0.4) is 0 Å². The Balaban J connectivity index is 1.46. The van der Waals surface area contributed by atoms with E-state index in [-0.39, 0.29) is 5.91 Å². The van der Waals surface area contributed by atoms with Crippen LogP contribution in [-0.2, 0) is 0 Å². The number of hydrogen-bond donors (Lipinski definition) is 2. The summed E-state index contributed by atoms with van der Waals surface area (Å²) in [6.45, 7) is 2.56. The van der Waals surface area contributed by atoms with Gasteiger partial charge < -0.3 is 5.32 Å². The zero-order valence-electron chi connectivity index (χ0n) is 13.3. The Hall–Kier alpha value is -2.60. The number of carbonyl (C=O) groups is 1. The number of hydrogen-bond acceptors (Lipinski definition) is 4. The highest BCUT2D eigenvalue weighted by atomic mass is 32.2. The van der Waals surface area contributed by atoms with Crippen LogP contribution in [0.2, 0.25) is 0 Å². The zero-order valence-corrected chi connectivity index (χ0v) is 14.1. The number of aryl methyl sites for hydroxylation is 1. The molecule has 0 aliphatic heterocycles. The van der Waals surface area contributed by atoms with Crippen LogP contribution in [0.1, 0.15) is 15.9 Å². The summed E-state index contributed by atoms with van der Waals surface area (Å²) in [6, 6.07) is 17.4. The van der Waals surface area contributed by atoms with E-state index in [1.807, 2.05) is 61.5 Å². The van der Waals surface area contributed by atoms with Gasteiger partial charge in [-0.05, 0) is 19.1 Å². The number of nitrogens with one attached hydrogen (secondary N) is 2. The number of rotatable bonds is 6. The molecule has 0 atom stereocenters. The molecule has 0 saturated heterocycles. The maximum atomic E-state index is 12.0. The van der Waals surface area contributed by atoms with Crippen LogP contribution in [0.4, 0.5) is 0 Å². The third-order valence-corrected chi connectivity index (χ3v) is 4.29. The van der Waals surface area contributed by atoms with E-state index in [0.717, 1.165) is 17.0 Å². The number of aromatic nitrogens is 3. The molecule has 0 bridgehead atoms. The maximum Gasteiger partial charge on any atom is 0.251 e. The molecule has 6 heteroatoms. The van der Waals surface area contributed by atoms with Gasteiger partial charge in [0, 0.05) is 23.4 Å². The van der Waals surface area contributed by atoms with Crippen LogP contribution in [0.25, 0.3) is 11.4 Å². The highest BCUT2D eigenvalue weighted by Crippen LogP contribution is 2.18. The second-order valence-electron chi connectivity index (χ2n) is 5.30. The lowest BCUT2D eigenvalue weighted by Crippen LogP contribution is -2.25. The molecule has 2 N–H and O–H groups in total. The third-order valence-electron chi connectivity index (χ3n) is 3.44. The molecule has 0 fully saturated rings. The third kappa shape index (κ3) is 4.23. The lowest BCUT2D eigenvalue weighted by molar-refractivity contribution is 0.0956. The van der Waals surface area contributed by atoms with Crippen molar-refractivity contribution in [3.8, 4) is 11.4 Å². The predicted molar refractivity (Wildman–Crippen MR) is 96.1 cm³/mol. The Kier molecular flexibility index (Phi) is 5.28. The molecule has 0 radical (unpaired) electrons. The van der Waals surface area contributed by atoms with Crippen molar-refractivity contribution in [3.05, 3.63) is 65.7 Å². The summed E-state index contributed by atoms with van der Waals surface area (Å²) in [4.78, 5) is 16.4. The normalized spacial score (nSPS) is 10.5. The van der Waals surface area contributed by atoms with E-state index < -0.39 is 0 Å². The highest BCUT2D eigenvalue weighted by Gasteiger charge is 2.07. The number of amides is 1. The summed E-state index contributed by atoms with van der Waals surface area (Å²) in [7, 11) is 0. The van der Waals surface area contributed by atoms with Crippen LogP contribution >= 0.6 is 11.8 Å². The average Bonchev–Trinajstić information content (AvgIpc) is 3.09. The smallest absolute Gasteiger partial charge is 0.251 e. The van der Waals surface area contributed by atoms with E-state index in [9.17, 15) is 4.79 Å². The van der Waals surface area contributed by atoms with Crippen molar-refractivity contribution in [3.63, 3.8) is 0 Å². The van der Waals surface area contributed by atoms with Gasteiger partial charge in [0.2, 0.25) is 5.16 Å². The fourth-order valence-corrected chi connectivity index (χ4v) is 2.80. The Bertz CT molecular complexity index is 799. The second-order valence-corrected chi connectivity index (χ2v) is 6.37. The maximum absolute atomic E-state index is 12.0. The van der Waals surface area contributed by atoms with Gasteiger partial charge in [-0.1, -0.05) is 59.8 Å². The van der Waals surface area contributed by atoms with Crippen molar-refractivity contribution in [2.24, 2.45) is 0 Å². The van der Waals surface area contributed by atoms with E-state index in [4.69, 9.17) is 0 Å². The molecule has 24 heavy (non-hydrogen) atoms. The van der Waals surface area contributed by atoms with Crippen molar-refractivity contribution >= 4 is 17.7 Å². The first-order chi connectivity index (χ1) is 11.7. The van der Waals surface area contributed by atoms with Gasteiger partial charge in [-0.25, -0.2) is 4.98 Å². The Morgan fingerprint density at radius 1 is 1.12 bits per heavy atom. The van der Waals surface area contributed by atoms with Gasteiger partial charge in [-0.2, -0.15) is 0 Å². The monoisotopic (exact) mass is 338 g/mol. The second kappa shape index (κ2) is 7.79. The molecule has 122 valence electrons. The highest BCUT2D eigenvalue weighted by molar-refractivity contribution is 7.99. The Morgan fingerprint density at radius 3 is 2.62 bits per heavy atom. The van der Waals surface area contributed by atoms with E-state index in [2.05, 4.69) is 20.5 Å². The largest absolute Gasteiger partial charge is 0.351 e. The molecule has 0 aliphatic rings. The first-order valence-electron chi connectivity index (χ1n) is 7.68. The molecular weight excluding hydrogens is 320 g/mol. The molecule has 0 aliphatic carbocycles. The molecular formula is C18H18N4OS. The number of nitrogens with zero attached hydrogens (tertiary/aromatic N) is 2. The summed E-state index contributed by atoms with van der Waals surface area (Å²) < 4.78 is 0. The average molecular weight is 338 g/mol. The zero-order chi connectivity index (χ0) is 16.8. The summed E-state index contributed by atoms with van der Waals surface area (Å²) in [5, 5.41) is 10.7. The fourth-order valence-electron chi connectivity index (χ4n) is 2.15. The summed E-state index contributed by atoms with van der Waals surface area (Å²) in [6.07, 6.45) is 0. The number of thioether (sulfide) groups is 1. The number of benzene rings is 2. The SMILES string of the molecule is Cc1ccc(C(=O)NCCSc2n[nH]c(-c3ccccc3)n2)cc1. The minimum absolute atomic E-state index is 0.0597. The van der Waals surface area contributed by atoms with E-state index in [0.29, 0.717) is 23.0 Å². The molecule has 5 nitrogen and oxygen atoms in total. The summed E-state index contributed by atoms with van der Waals surface area (Å²) in [5.74, 6) is 1.40. The van der Waals surface area contributed by atoms with E-state index in [1.54, 1.807) is 0 Å².